The van der Waals surface area contributed by atoms with Gasteiger partial charge in [-0.15, -0.1) is 11.3 Å². The van der Waals surface area contributed by atoms with Crippen molar-refractivity contribution < 1.29 is 9.59 Å². The number of thiazole rings is 1. The van der Waals surface area contributed by atoms with Gasteiger partial charge in [0.15, 0.2) is 5.13 Å². The second kappa shape index (κ2) is 8.84. The fourth-order valence-electron chi connectivity index (χ4n) is 4.04. The van der Waals surface area contributed by atoms with Gasteiger partial charge in [-0.3, -0.25) is 24.9 Å². The summed E-state index contributed by atoms with van der Waals surface area (Å²) in [5, 5.41) is 6.05. The van der Waals surface area contributed by atoms with Crippen molar-refractivity contribution in [3.05, 3.63) is 83.3 Å². The van der Waals surface area contributed by atoms with Gasteiger partial charge in [-0.2, -0.15) is 0 Å². The number of amides is 2. The van der Waals surface area contributed by atoms with Gasteiger partial charge in [0.05, 0.1) is 17.5 Å². The zero-order valence-corrected chi connectivity index (χ0v) is 18.1. The van der Waals surface area contributed by atoms with Crippen LogP contribution in [0.2, 0.25) is 0 Å². The first kappa shape index (κ1) is 20.3. The van der Waals surface area contributed by atoms with Crippen LogP contribution in [0, 0.1) is 0 Å². The average molecular weight is 444 g/mol. The number of benzene rings is 1. The topological polar surface area (TPSA) is 88.1 Å². The molecule has 2 amide bonds. The van der Waals surface area contributed by atoms with Crippen LogP contribution in [0.15, 0.2) is 66.3 Å². The van der Waals surface area contributed by atoms with Crippen molar-refractivity contribution in [3.8, 4) is 0 Å². The molecule has 1 saturated heterocycles. The lowest BCUT2D eigenvalue weighted by atomic mass is 9.99. The number of anilines is 1. The van der Waals surface area contributed by atoms with Crippen molar-refractivity contribution in [2.45, 2.75) is 18.8 Å². The lowest BCUT2D eigenvalue weighted by molar-refractivity contribution is -0.129. The molecule has 1 aliphatic heterocycles. The number of carbonyl (C=O) groups is 2. The number of rotatable bonds is 5. The van der Waals surface area contributed by atoms with E-state index in [0.29, 0.717) is 30.2 Å². The molecule has 0 radical (unpaired) electrons. The first-order chi connectivity index (χ1) is 15.7. The summed E-state index contributed by atoms with van der Waals surface area (Å²) in [7, 11) is 0. The molecule has 160 valence electrons. The lowest BCUT2D eigenvalue weighted by Crippen LogP contribution is -2.30. The highest BCUT2D eigenvalue weighted by Crippen LogP contribution is 2.30. The van der Waals surface area contributed by atoms with E-state index in [-0.39, 0.29) is 17.7 Å². The van der Waals surface area contributed by atoms with E-state index in [1.165, 1.54) is 11.3 Å². The van der Waals surface area contributed by atoms with Crippen LogP contribution in [0.3, 0.4) is 0 Å². The Labute approximate surface area is 189 Å². The van der Waals surface area contributed by atoms with E-state index in [1.807, 2.05) is 58.8 Å². The summed E-state index contributed by atoms with van der Waals surface area (Å²) in [6, 6.07) is 15.1. The fraction of sp³-hybridized carbons (Fsp3) is 0.208. The predicted octanol–water partition coefficient (Wildman–Crippen LogP) is 3.90. The van der Waals surface area contributed by atoms with Crippen molar-refractivity contribution in [3.63, 3.8) is 0 Å². The Hall–Kier alpha value is -3.65. The molecule has 1 aliphatic rings. The average Bonchev–Trinajstić information content (AvgIpc) is 3.51. The number of pyridine rings is 2. The second-order valence-electron chi connectivity index (χ2n) is 7.73. The van der Waals surface area contributed by atoms with Crippen LogP contribution in [0.25, 0.3) is 10.9 Å². The van der Waals surface area contributed by atoms with Gasteiger partial charge >= 0.3 is 0 Å². The smallest absolute Gasteiger partial charge is 0.258 e. The molecule has 1 N–H and O–H groups in total. The summed E-state index contributed by atoms with van der Waals surface area (Å²) < 4.78 is 0. The van der Waals surface area contributed by atoms with E-state index in [2.05, 4.69) is 15.3 Å². The summed E-state index contributed by atoms with van der Waals surface area (Å²) in [5.41, 5.74) is 2.94. The van der Waals surface area contributed by atoms with Gasteiger partial charge in [-0.1, -0.05) is 24.3 Å². The van der Waals surface area contributed by atoms with E-state index in [9.17, 15) is 9.59 Å². The number of nitrogens with zero attached hydrogens (tertiary/aromatic N) is 4. The maximum Gasteiger partial charge on any atom is 0.258 e. The number of para-hydroxylation sites is 1. The van der Waals surface area contributed by atoms with Crippen LogP contribution in [0.5, 0.6) is 0 Å². The predicted molar refractivity (Wildman–Crippen MR) is 124 cm³/mol. The fourth-order valence-corrected chi connectivity index (χ4v) is 4.56. The first-order valence-electron chi connectivity index (χ1n) is 10.5. The van der Waals surface area contributed by atoms with E-state index in [4.69, 9.17) is 4.98 Å². The molecule has 0 bridgehead atoms. The summed E-state index contributed by atoms with van der Waals surface area (Å²) in [5.74, 6) is -0.0618. The molecule has 0 saturated carbocycles. The molecular weight excluding hydrogens is 422 g/mol. The maximum atomic E-state index is 13.0. The van der Waals surface area contributed by atoms with E-state index >= 15 is 0 Å². The van der Waals surface area contributed by atoms with Crippen molar-refractivity contribution in [1.82, 2.24) is 19.9 Å². The van der Waals surface area contributed by atoms with Gasteiger partial charge in [-0.25, -0.2) is 4.98 Å². The zero-order chi connectivity index (χ0) is 21.9. The molecular formula is C24H21N5O2S. The van der Waals surface area contributed by atoms with Crippen molar-refractivity contribution in [2.75, 3.05) is 18.4 Å². The largest absolute Gasteiger partial charge is 0.342 e. The minimum atomic E-state index is -0.208. The maximum absolute atomic E-state index is 13.0. The van der Waals surface area contributed by atoms with Crippen LogP contribution < -0.4 is 5.32 Å². The number of hydrogen-bond donors (Lipinski definition) is 1. The molecule has 4 heterocycles. The number of aromatic nitrogens is 3. The van der Waals surface area contributed by atoms with Gasteiger partial charge in [0.25, 0.3) is 5.91 Å². The van der Waals surface area contributed by atoms with E-state index in [0.717, 1.165) is 28.7 Å². The quantitative estimate of drug-likeness (QED) is 0.505. The molecule has 5 rings (SSSR count). The van der Waals surface area contributed by atoms with E-state index in [1.54, 1.807) is 12.4 Å². The van der Waals surface area contributed by atoms with Gasteiger partial charge in [0.2, 0.25) is 5.91 Å². The van der Waals surface area contributed by atoms with Crippen LogP contribution in [-0.2, 0) is 11.2 Å². The molecule has 1 atom stereocenters. The van der Waals surface area contributed by atoms with Crippen molar-refractivity contribution in [1.29, 1.82) is 0 Å². The van der Waals surface area contributed by atoms with Crippen LogP contribution in [0.4, 0.5) is 5.13 Å². The minimum absolute atomic E-state index is 0.0636. The second-order valence-corrected chi connectivity index (χ2v) is 8.62. The molecule has 0 aliphatic carbocycles. The summed E-state index contributed by atoms with van der Waals surface area (Å²) in [6.45, 7) is 1.26. The third kappa shape index (κ3) is 4.22. The number of hydrogen-bond acceptors (Lipinski definition) is 6. The highest BCUT2D eigenvalue weighted by molar-refractivity contribution is 7.13. The first-order valence-corrected chi connectivity index (χ1v) is 11.3. The Morgan fingerprint density at radius 2 is 1.97 bits per heavy atom. The standard InChI is InChI=1S/C24H21N5O2S/c30-22(13-17-5-3-4-9-25-17)29-11-8-16(15-29)21-14-19(18-6-1-2-7-20(18)27-21)23(31)28-24-26-10-12-32-24/h1-7,9-10,12,14,16H,8,11,13,15H2,(H,26,28,31)/t16-/m0/s1. The number of carbonyl (C=O) groups excluding carboxylic acids is 2. The third-order valence-electron chi connectivity index (χ3n) is 5.65. The Kier molecular flexibility index (Phi) is 5.60. The molecule has 1 aromatic carbocycles. The Morgan fingerprint density at radius 1 is 1.09 bits per heavy atom. The number of fused-ring (bicyclic) bond motifs is 1. The molecule has 1 fully saturated rings. The minimum Gasteiger partial charge on any atom is -0.342 e. The van der Waals surface area contributed by atoms with Gasteiger partial charge < -0.3 is 4.90 Å². The van der Waals surface area contributed by atoms with Crippen LogP contribution >= 0.6 is 11.3 Å². The Balaban J connectivity index is 1.38. The molecule has 32 heavy (non-hydrogen) atoms. The molecule has 0 unspecified atom stereocenters. The molecule has 3 aromatic heterocycles. The van der Waals surface area contributed by atoms with E-state index < -0.39 is 0 Å². The summed E-state index contributed by atoms with van der Waals surface area (Å²) in [6.07, 6.45) is 4.46. The molecule has 8 heteroatoms. The Morgan fingerprint density at radius 3 is 2.78 bits per heavy atom. The summed E-state index contributed by atoms with van der Waals surface area (Å²) >= 11 is 1.38. The molecule has 7 nitrogen and oxygen atoms in total. The summed E-state index contributed by atoms with van der Waals surface area (Å²) in [4.78, 5) is 40.9. The number of likely N-dealkylation sites (tertiary alicyclic amines) is 1. The molecule has 4 aromatic rings. The van der Waals surface area contributed by atoms with Gasteiger partial charge in [0.1, 0.15) is 0 Å². The van der Waals surface area contributed by atoms with Crippen molar-refractivity contribution >= 4 is 39.2 Å². The normalized spacial score (nSPS) is 15.8. The number of nitrogens with one attached hydrogen (secondary N) is 1. The highest BCUT2D eigenvalue weighted by Gasteiger charge is 2.29. The van der Waals surface area contributed by atoms with Gasteiger partial charge in [-0.05, 0) is 30.7 Å². The van der Waals surface area contributed by atoms with Crippen molar-refractivity contribution in [2.24, 2.45) is 0 Å². The monoisotopic (exact) mass is 443 g/mol. The van der Waals surface area contributed by atoms with Gasteiger partial charge in [0, 0.05) is 53.6 Å². The Bertz CT molecular complexity index is 1260. The third-order valence-corrected chi connectivity index (χ3v) is 6.34. The zero-order valence-electron chi connectivity index (χ0n) is 17.3. The molecule has 0 spiro atoms. The van der Waals surface area contributed by atoms with Crippen LogP contribution in [0.1, 0.15) is 34.1 Å². The SMILES string of the molecule is O=C(Nc1nccs1)c1cc([C@H]2CCN(C(=O)Cc3ccccn3)C2)nc2ccccc12. The van der Waals surface area contributed by atoms with Crippen LogP contribution in [-0.4, -0.2) is 44.8 Å². The lowest BCUT2D eigenvalue weighted by Gasteiger charge is -2.17. The highest BCUT2D eigenvalue weighted by atomic mass is 32.1.